The van der Waals surface area contributed by atoms with Gasteiger partial charge in [0, 0.05) is 13.1 Å². The molecule has 1 aliphatic heterocycles. The topological polar surface area (TPSA) is 29.5 Å². The van der Waals surface area contributed by atoms with E-state index in [0.717, 1.165) is 25.6 Å². The highest BCUT2D eigenvalue weighted by atomic mass is 16.5. The van der Waals surface area contributed by atoms with E-state index in [4.69, 9.17) is 0 Å². The Morgan fingerprint density at radius 1 is 1.62 bits per heavy atom. The summed E-state index contributed by atoms with van der Waals surface area (Å²) in [6.45, 7) is 5.40. The minimum Gasteiger partial charge on any atom is -0.469 e. The molecule has 1 fully saturated rings. The van der Waals surface area contributed by atoms with Crippen LogP contribution in [0.2, 0.25) is 0 Å². The molecule has 1 heterocycles. The van der Waals surface area contributed by atoms with Crippen LogP contribution < -0.4 is 0 Å². The van der Waals surface area contributed by atoms with Crippen molar-refractivity contribution in [2.45, 2.75) is 26.2 Å². The van der Waals surface area contributed by atoms with Gasteiger partial charge in [0.1, 0.15) is 0 Å². The molecule has 1 saturated heterocycles. The van der Waals surface area contributed by atoms with Crippen LogP contribution in [0.15, 0.2) is 0 Å². The Labute approximate surface area is 80.1 Å². The average Bonchev–Trinajstić information content (AvgIpc) is 2.14. The first-order valence-corrected chi connectivity index (χ1v) is 5.01. The van der Waals surface area contributed by atoms with Gasteiger partial charge in [0.05, 0.1) is 13.5 Å². The molecule has 1 aliphatic rings. The van der Waals surface area contributed by atoms with Crippen molar-refractivity contribution in [1.29, 1.82) is 0 Å². The van der Waals surface area contributed by atoms with Crippen molar-refractivity contribution in [3.8, 4) is 0 Å². The summed E-state index contributed by atoms with van der Waals surface area (Å²) >= 11 is 0. The fourth-order valence-electron chi connectivity index (χ4n) is 1.84. The number of rotatable bonds is 3. The maximum Gasteiger partial charge on any atom is 0.306 e. The molecule has 0 aromatic heterocycles. The summed E-state index contributed by atoms with van der Waals surface area (Å²) in [5.41, 5.74) is 0. The first-order valence-electron chi connectivity index (χ1n) is 5.01. The van der Waals surface area contributed by atoms with E-state index in [9.17, 15) is 4.79 Å². The van der Waals surface area contributed by atoms with Crippen LogP contribution in [0.5, 0.6) is 0 Å². The Bertz CT molecular complexity index is 170. The first kappa shape index (κ1) is 10.5. The number of piperidine rings is 1. The maximum atomic E-state index is 10.9. The van der Waals surface area contributed by atoms with Crippen molar-refractivity contribution in [2.75, 3.05) is 26.7 Å². The second-order valence-corrected chi connectivity index (χ2v) is 3.87. The van der Waals surface area contributed by atoms with Gasteiger partial charge >= 0.3 is 5.97 Å². The number of methoxy groups -OCH3 is 1. The number of carbonyl (C=O) groups is 1. The molecule has 3 heteroatoms. The summed E-state index contributed by atoms with van der Waals surface area (Å²) < 4.78 is 4.60. The molecule has 0 aliphatic carbocycles. The monoisotopic (exact) mass is 185 g/mol. The third kappa shape index (κ3) is 3.77. The largest absolute Gasteiger partial charge is 0.469 e. The van der Waals surface area contributed by atoms with Crippen molar-refractivity contribution in [3.05, 3.63) is 0 Å². The van der Waals surface area contributed by atoms with Crippen molar-refractivity contribution < 1.29 is 9.53 Å². The smallest absolute Gasteiger partial charge is 0.306 e. The summed E-state index contributed by atoms with van der Waals surface area (Å²) in [5, 5.41) is 0. The van der Waals surface area contributed by atoms with E-state index >= 15 is 0 Å². The van der Waals surface area contributed by atoms with E-state index in [2.05, 4.69) is 16.6 Å². The van der Waals surface area contributed by atoms with E-state index in [1.807, 2.05) is 0 Å². The third-order valence-corrected chi connectivity index (χ3v) is 2.60. The van der Waals surface area contributed by atoms with Gasteiger partial charge in [0.25, 0.3) is 0 Å². The number of hydrogen-bond acceptors (Lipinski definition) is 3. The van der Waals surface area contributed by atoms with Gasteiger partial charge in [-0.05, 0) is 25.3 Å². The number of likely N-dealkylation sites (tertiary alicyclic amines) is 1. The minimum atomic E-state index is -0.0989. The summed E-state index contributed by atoms with van der Waals surface area (Å²) in [6.07, 6.45) is 3.13. The lowest BCUT2D eigenvalue weighted by Gasteiger charge is -2.30. The van der Waals surface area contributed by atoms with Gasteiger partial charge in [-0.2, -0.15) is 0 Å². The summed E-state index contributed by atoms with van der Waals surface area (Å²) in [5.74, 6) is 0.685. The van der Waals surface area contributed by atoms with E-state index in [1.54, 1.807) is 0 Å². The van der Waals surface area contributed by atoms with Gasteiger partial charge in [-0.1, -0.05) is 6.92 Å². The molecule has 1 rings (SSSR count). The fraction of sp³-hybridized carbons (Fsp3) is 0.900. The molecule has 0 amide bonds. The Morgan fingerprint density at radius 3 is 3.00 bits per heavy atom. The highest BCUT2D eigenvalue weighted by Crippen LogP contribution is 2.15. The Balaban J connectivity index is 2.17. The molecule has 0 unspecified atom stereocenters. The van der Waals surface area contributed by atoms with Crippen LogP contribution in [0, 0.1) is 5.92 Å². The quantitative estimate of drug-likeness (QED) is 0.620. The molecule has 0 bridgehead atoms. The van der Waals surface area contributed by atoms with E-state index in [1.165, 1.54) is 20.0 Å². The van der Waals surface area contributed by atoms with Gasteiger partial charge in [-0.15, -0.1) is 0 Å². The Morgan fingerprint density at radius 2 is 2.38 bits per heavy atom. The van der Waals surface area contributed by atoms with Crippen molar-refractivity contribution in [3.63, 3.8) is 0 Å². The fourth-order valence-corrected chi connectivity index (χ4v) is 1.84. The van der Waals surface area contributed by atoms with E-state index < -0.39 is 0 Å². The standard InChI is InChI=1S/C10H19NO2/c1-9-4-3-6-11(8-9)7-5-10(12)13-2/h9H,3-8H2,1-2H3/t9-/m1/s1. The Hall–Kier alpha value is -0.570. The molecule has 0 saturated carbocycles. The minimum absolute atomic E-state index is 0.0989. The molecule has 13 heavy (non-hydrogen) atoms. The van der Waals surface area contributed by atoms with Crippen molar-refractivity contribution >= 4 is 5.97 Å². The summed E-state index contributed by atoms with van der Waals surface area (Å²) in [6, 6.07) is 0. The number of hydrogen-bond donors (Lipinski definition) is 0. The normalized spacial score (nSPS) is 24.3. The van der Waals surface area contributed by atoms with Gasteiger partial charge in [-0.25, -0.2) is 0 Å². The molecule has 76 valence electrons. The van der Waals surface area contributed by atoms with Gasteiger partial charge in [0.2, 0.25) is 0 Å². The molecule has 0 aromatic carbocycles. The maximum absolute atomic E-state index is 10.9. The highest BCUT2D eigenvalue weighted by Gasteiger charge is 2.16. The van der Waals surface area contributed by atoms with Crippen LogP contribution in [-0.4, -0.2) is 37.6 Å². The van der Waals surface area contributed by atoms with E-state index in [-0.39, 0.29) is 5.97 Å². The van der Waals surface area contributed by atoms with Crippen molar-refractivity contribution in [1.82, 2.24) is 4.90 Å². The van der Waals surface area contributed by atoms with Crippen LogP contribution in [0.4, 0.5) is 0 Å². The van der Waals surface area contributed by atoms with Crippen LogP contribution in [0.25, 0.3) is 0 Å². The van der Waals surface area contributed by atoms with Crippen LogP contribution in [0.3, 0.4) is 0 Å². The molecule has 0 radical (unpaired) electrons. The number of ether oxygens (including phenoxy) is 1. The van der Waals surface area contributed by atoms with Crippen molar-refractivity contribution in [2.24, 2.45) is 5.92 Å². The molecule has 1 atom stereocenters. The van der Waals surface area contributed by atoms with Crippen LogP contribution in [-0.2, 0) is 9.53 Å². The molecule has 3 nitrogen and oxygen atoms in total. The molecular weight excluding hydrogens is 166 g/mol. The van der Waals surface area contributed by atoms with Gasteiger partial charge in [0.15, 0.2) is 0 Å². The first-order chi connectivity index (χ1) is 6.22. The molecule has 0 spiro atoms. The zero-order valence-electron chi connectivity index (χ0n) is 8.58. The second-order valence-electron chi connectivity index (χ2n) is 3.87. The lowest BCUT2D eigenvalue weighted by atomic mass is 10.0. The predicted molar refractivity (Wildman–Crippen MR) is 51.5 cm³/mol. The molecule has 0 aromatic rings. The second kappa shape index (κ2) is 5.22. The van der Waals surface area contributed by atoms with Crippen LogP contribution >= 0.6 is 0 Å². The SMILES string of the molecule is COC(=O)CCN1CCC[C@@H](C)C1. The highest BCUT2D eigenvalue weighted by molar-refractivity contribution is 5.69. The number of esters is 1. The lowest BCUT2D eigenvalue weighted by Crippen LogP contribution is -2.35. The molecule has 0 N–H and O–H groups in total. The zero-order valence-corrected chi connectivity index (χ0v) is 8.58. The zero-order chi connectivity index (χ0) is 9.68. The van der Waals surface area contributed by atoms with Gasteiger partial charge in [-0.3, -0.25) is 4.79 Å². The number of nitrogens with zero attached hydrogens (tertiary/aromatic N) is 1. The Kier molecular flexibility index (Phi) is 4.22. The predicted octanol–water partition coefficient (Wildman–Crippen LogP) is 1.28. The summed E-state index contributed by atoms with van der Waals surface area (Å²) in [7, 11) is 1.45. The van der Waals surface area contributed by atoms with Crippen LogP contribution in [0.1, 0.15) is 26.2 Å². The van der Waals surface area contributed by atoms with E-state index in [0.29, 0.717) is 6.42 Å². The average molecular weight is 185 g/mol. The lowest BCUT2D eigenvalue weighted by molar-refractivity contribution is -0.141. The third-order valence-electron chi connectivity index (χ3n) is 2.60. The summed E-state index contributed by atoms with van der Waals surface area (Å²) in [4.78, 5) is 13.2. The van der Waals surface area contributed by atoms with Gasteiger partial charge < -0.3 is 9.64 Å². The molecular formula is C10H19NO2. The number of carbonyl (C=O) groups excluding carboxylic acids is 1.